The third-order valence-electron chi connectivity index (χ3n) is 6.85. The van der Waals surface area contributed by atoms with Crippen molar-refractivity contribution in [3.8, 4) is 11.4 Å². The first-order chi connectivity index (χ1) is 17.3. The van der Waals surface area contributed by atoms with Crippen LogP contribution in [0.1, 0.15) is 32.1 Å². The minimum atomic E-state index is -4.44. The van der Waals surface area contributed by atoms with Gasteiger partial charge in [-0.05, 0) is 56.4 Å². The van der Waals surface area contributed by atoms with Gasteiger partial charge in [-0.2, -0.15) is 18.3 Å². The molecule has 1 saturated carbocycles. The zero-order valence-electron chi connectivity index (χ0n) is 19.5. The van der Waals surface area contributed by atoms with Gasteiger partial charge in [0.1, 0.15) is 12.4 Å². The van der Waals surface area contributed by atoms with Crippen molar-refractivity contribution in [2.45, 2.75) is 63.0 Å². The molecule has 2 unspecified atom stereocenters. The number of aromatic nitrogens is 4. The average Bonchev–Trinajstić information content (AvgIpc) is 3.56. The summed E-state index contributed by atoms with van der Waals surface area (Å²) in [5.74, 6) is 0.896. The highest BCUT2D eigenvalue weighted by atomic mass is 19.4. The molecule has 1 aromatic carbocycles. The minimum Gasteiger partial charge on any atom is -0.377 e. The maximum absolute atomic E-state index is 13.3. The molecule has 4 heterocycles. The number of fused-ring (bicyclic) bond motifs is 3. The summed E-state index contributed by atoms with van der Waals surface area (Å²) in [6.07, 6.45) is 1.90. The van der Waals surface area contributed by atoms with Crippen LogP contribution in [0, 0.1) is 0 Å². The summed E-state index contributed by atoms with van der Waals surface area (Å²) in [5.41, 5.74) is 1.37. The quantitative estimate of drug-likeness (QED) is 0.547. The van der Waals surface area contributed by atoms with E-state index in [4.69, 9.17) is 9.72 Å². The highest BCUT2D eigenvalue weighted by Crippen LogP contribution is 2.37. The van der Waals surface area contributed by atoms with Crippen molar-refractivity contribution in [3.05, 3.63) is 30.5 Å². The Balaban J connectivity index is 1.38. The number of nitrogens with zero attached hydrogens (tertiary/aromatic N) is 5. The maximum atomic E-state index is 13.3. The van der Waals surface area contributed by atoms with E-state index in [-0.39, 0.29) is 29.8 Å². The van der Waals surface area contributed by atoms with E-state index in [1.165, 1.54) is 6.20 Å². The number of carbonyl (C=O) groups is 1. The number of halogens is 3. The number of alkyl halides is 3. The predicted octanol–water partition coefficient (Wildman–Crippen LogP) is 4.10. The summed E-state index contributed by atoms with van der Waals surface area (Å²) in [5, 5.41) is 10.2. The minimum absolute atomic E-state index is 0.103. The molecule has 3 fully saturated rings. The van der Waals surface area contributed by atoms with Gasteiger partial charge >= 0.3 is 12.2 Å². The van der Waals surface area contributed by atoms with Crippen LogP contribution >= 0.6 is 0 Å². The lowest BCUT2D eigenvalue weighted by atomic mass is 9.94. The molecule has 0 radical (unpaired) electrons. The maximum Gasteiger partial charge on any atom is 0.408 e. The zero-order chi connectivity index (χ0) is 24.9. The van der Waals surface area contributed by atoms with Gasteiger partial charge in [-0.1, -0.05) is 0 Å². The number of urea groups is 1. The van der Waals surface area contributed by atoms with E-state index in [1.807, 2.05) is 0 Å². The summed E-state index contributed by atoms with van der Waals surface area (Å²) in [6.45, 7) is -0.129. The molecule has 2 aliphatic heterocycles. The molecule has 2 aromatic heterocycles. The molecule has 6 rings (SSSR count). The topological polar surface area (TPSA) is 97.2 Å². The molecule has 2 saturated heterocycles. The Labute approximate surface area is 205 Å². The summed E-state index contributed by atoms with van der Waals surface area (Å²) in [7, 11) is 0. The first kappa shape index (κ1) is 23.0. The van der Waals surface area contributed by atoms with Crippen molar-refractivity contribution in [1.82, 2.24) is 25.1 Å². The van der Waals surface area contributed by atoms with Crippen molar-refractivity contribution < 1.29 is 22.7 Å². The molecule has 1 aliphatic carbocycles. The van der Waals surface area contributed by atoms with E-state index in [0.29, 0.717) is 41.5 Å². The number of piperidine rings is 1. The summed E-state index contributed by atoms with van der Waals surface area (Å²) in [6, 6.07) is 7.14. The second-order valence-electron chi connectivity index (χ2n) is 9.66. The van der Waals surface area contributed by atoms with Crippen LogP contribution in [0.4, 0.5) is 29.5 Å². The Kier molecular flexibility index (Phi) is 5.70. The van der Waals surface area contributed by atoms with Gasteiger partial charge in [-0.3, -0.25) is 0 Å². The second-order valence-corrected chi connectivity index (χ2v) is 9.66. The van der Waals surface area contributed by atoms with Gasteiger partial charge in [0.05, 0.1) is 36.9 Å². The number of carbonyl (C=O) groups excluding carboxylic acids is 1. The van der Waals surface area contributed by atoms with Crippen molar-refractivity contribution in [1.29, 1.82) is 0 Å². The number of ether oxygens (including phenoxy) is 1. The fourth-order valence-electron chi connectivity index (χ4n) is 5.01. The fraction of sp³-hybridized carbons (Fsp3) is 0.500. The second kappa shape index (κ2) is 8.91. The van der Waals surface area contributed by atoms with Crippen molar-refractivity contribution in [2.24, 2.45) is 0 Å². The molecule has 3 aromatic rings. The normalized spacial score (nSPS) is 22.0. The molecule has 9 nitrogen and oxygen atoms in total. The average molecular weight is 502 g/mol. The van der Waals surface area contributed by atoms with Crippen molar-refractivity contribution in [2.75, 3.05) is 23.4 Å². The number of amides is 2. The smallest absolute Gasteiger partial charge is 0.377 e. The van der Waals surface area contributed by atoms with Gasteiger partial charge in [-0.15, -0.1) is 0 Å². The SMILES string of the molecule is O=C(Nc1ccc(-c2nc(N3C4CCCC3COC4)c3cnn(CC(F)(F)F)c3n2)cc1)NC1CC1. The van der Waals surface area contributed by atoms with Crippen LogP contribution < -0.4 is 15.5 Å². The van der Waals surface area contributed by atoms with Gasteiger partial charge in [0.2, 0.25) is 0 Å². The number of nitrogens with one attached hydrogen (secondary N) is 2. The van der Waals surface area contributed by atoms with E-state index in [1.54, 1.807) is 24.3 Å². The van der Waals surface area contributed by atoms with Crippen LogP contribution in [0.5, 0.6) is 0 Å². The van der Waals surface area contributed by atoms with E-state index in [9.17, 15) is 18.0 Å². The fourth-order valence-corrected chi connectivity index (χ4v) is 5.01. The number of rotatable bonds is 5. The first-order valence-corrected chi connectivity index (χ1v) is 12.2. The van der Waals surface area contributed by atoms with Gasteiger partial charge < -0.3 is 20.3 Å². The van der Waals surface area contributed by atoms with Crippen LogP contribution in [0.25, 0.3) is 22.4 Å². The highest BCUT2D eigenvalue weighted by molar-refractivity contribution is 5.91. The lowest BCUT2D eigenvalue weighted by Crippen LogP contribution is -2.55. The molecule has 36 heavy (non-hydrogen) atoms. The molecular formula is C24H26F3N7O2. The van der Waals surface area contributed by atoms with Gasteiger partial charge in [0.25, 0.3) is 0 Å². The standard InChI is InChI=1S/C24H26F3N7O2/c25-24(26,27)13-33-21-19(10-28-33)22(34-17-2-1-3-18(34)12-36-11-17)32-20(31-21)14-4-6-15(7-5-14)29-23(35)30-16-8-9-16/h4-7,10,16-18H,1-3,8-9,11-13H2,(H2,29,30,35). The number of anilines is 2. The third kappa shape index (κ3) is 4.69. The Hall–Kier alpha value is -3.41. The van der Waals surface area contributed by atoms with Gasteiger partial charge in [0.15, 0.2) is 11.5 Å². The molecule has 2 atom stereocenters. The molecule has 190 valence electrons. The number of benzene rings is 1. The summed E-state index contributed by atoms with van der Waals surface area (Å²) in [4.78, 5) is 23.6. The molecule has 0 spiro atoms. The van der Waals surface area contributed by atoms with Crippen LogP contribution in [0.15, 0.2) is 30.5 Å². The monoisotopic (exact) mass is 501 g/mol. The number of hydrogen-bond donors (Lipinski definition) is 2. The molecule has 2 amide bonds. The number of hydrogen-bond acceptors (Lipinski definition) is 6. The molecule has 12 heteroatoms. The van der Waals surface area contributed by atoms with E-state index >= 15 is 0 Å². The van der Waals surface area contributed by atoms with E-state index in [2.05, 4.69) is 25.6 Å². The van der Waals surface area contributed by atoms with Gasteiger partial charge in [-0.25, -0.2) is 19.4 Å². The van der Waals surface area contributed by atoms with Crippen LogP contribution in [-0.4, -0.2) is 63.3 Å². The Bertz CT molecular complexity index is 1250. The Morgan fingerprint density at radius 1 is 1.06 bits per heavy atom. The molecule has 2 bridgehead atoms. The van der Waals surface area contributed by atoms with E-state index < -0.39 is 12.7 Å². The first-order valence-electron chi connectivity index (χ1n) is 12.2. The Morgan fingerprint density at radius 3 is 2.44 bits per heavy atom. The van der Waals surface area contributed by atoms with E-state index in [0.717, 1.165) is 36.8 Å². The lowest BCUT2D eigenvalue weighted by molar-refractivity contribution is -0.141. The largest absolute Gasteiger partial charge is 0.408 e. The van der Waals surface area contributed by atoms with Crippen LogP contribution in [0.2, 0.25) is 0 Å². The predicted molar refractivity (Wildman–Crippen MR) is 127 cm³/mol. The van der Waals surface area contributed by atoms with Crippen LogP contribution in [0.3, 0.4) is 0 Å². The number of morpholine rings is 1. The van der Waals surface area contributed by atoms with Crippen molar-refractivity contribution in [3.63, 3.8) is 0 Å². The molecular weight excluding hydrogens is 475 g/mol. The third-order valence-corrected chi connectivity index (χ3v) is 6.85. The zero-order valence-corrected chi connectivity index (χ0v) is 19.5. The van der Waals surface area contributed by atoms with Crippen molar-refractivity contribution >= 4 is 28.6 Å². The van der Waals surface area contributed by atoms with Crippen LogP contribution in [-0.2, 0) is 11.3 Å². The van der Waals surface area contributed by atoms with Gasteiger partial charge in [0, 0.05) is 17.3 Å². The Morgan fingerprint density at radius 2 is 1.78 bits per heavy atom. The summed E-state index contributed by atoms with van der Waals surface area (Å²) >= 11 is 0. The summed E-state index contributed by atoms with van der Waals surface area (Å²) < 4.78 is 46.5. The molecule has 2 N–H and O–H groups in total. The highest BCUT2D eigenvalue weighted by Gasteiger charge is 2.38. The molecule has 3 aliphatic rings. The lowest BCUT2D eigenvalue weighted by Gasteiger charge is -2.46.